The van der Waals surface area contributed by atoms with Crippen molar-refractivity contribution >= 4 is 16.2 Å². The summed E-state index contributed by atoms with van der Waals surface area (Å²) in [5.74, 6) is -0.346. The molecule has 0 fully saturated rings. The fourth-order valence-electron chi connectivity index (χ4n) is 0.969. The van der Waals surface area contributed by atoms with Gasteiger partial charge in [0.05, 0.1) is 5.56 Å². The molecule has 5 nitrogen and oxygen atoms in total. The number of rotatable bonds is 1. The molecule has 1 aromatic heterocycles. The molecule has 0 aromatic carbocycles. The molecule has 1 aromatic rings. The molecular formula is C8H10N2O3S. The standard InChI is InChI=1S/C8H10N2O3S/c1-10(2)8(11)6-4-3-5-9-7(6)14(12)13/h3-5,9H,1-2H3. The molecule has 1 N–H and O–H groups in total. The van der Waals surface area contributed by atoms with Gasteiger partial charge in [-0.1, -0.05) is 0 Å². The Morgan fingerprint density at radius 2 is 2.07 bits per heavy atom. The number of hydrogen-bond donors (Lipinski definition) is 1. The lowest BCUT2D eigenvalue weighted by Gasteiger charge is -2.08. The van der Waals surface area contributed by atoms with Gasteiger partial charge in [0.1, 0.15) is 0 Å². The van der Waals surface area contributed by atoms with Gasteiger partial charge in [0.25, 0.3) is 5.91 Å². The Hall–Kier alpha value is -1.56. The quantitative estimate of drug-likeness (QED) is 0.675. The van der Waals surface area contributed by atoms with Gasteiger partial charge in [0, 0.05) is 20.3 Å². The van der Waals surface area contributed by atoms with E-state index in [0.717, 1.165) is 0 Å². The van der Waals surface area contributed by atoms with Crippen molar-refractivity contribution < 1.29 is 13.2 Å². The average molecular weight is 214 g/mol. The molecule has 1 rings (SSSR count). The zero-order valence-corrected chi connectivity index (χ0v) is 8.63. The van der Waals surface area contributed by atoms with Gasteiger partial charge in [-0.05, 0) is 12.1 Å². The first-order chi connectivity index (χ1) is 6.54. The number of amides is 1. The number of H-pyrrole nitrogens is 1. The maximum absolute atomic E-state index is 11.5. The van der Waals surface area contributed by atoms with Crippen molar-refractivity contribution in [1.29, 1.82) is 0 Å². The van der Waals surface area contributed by atoms with Crippen LogP contribution in [0.5, 0.6) is 0 Å². The molecule has 0 spiro atoms. The Morgan fingerprint density at radius 1 is 1.43 bits per heavy atom. The van der Waals surface area contributed by atoms with Gasteiger partial charge in [-0.3, -0.25) is 4.79 Å². The molecule has 0 bridgehead atoms. The zero-order chi connectivity index (χ0) is 10.7. The summed E-state index contributed by atoms with van der Waals surface area (Å²) in [7, 11) is 0.694. The Bertz CT molecular complexity index is 505. The van der Waals surface area contributed by atoms with Crippen molar-refractivity contribution in [3.8, 4) is 0 Å². The summed E-state index contributed by atoms with van der Waals surface area (Å²) in [5.41, 5.74) is 0.144. The first-order valence-electron chi connectivity index (χ1n) is 3.85. The normalized spacial score (nSPS) is 9.57. The van der Waals surface area contributed by atoms with Gasteiger partial charge in [-0.2, -0.15) is 8.42 Å². The average Bonchev–Trinajstić information content (AvgIpc) is 2.16. The van der Waals surface area contributed by atoms with Gasteiger partial charge >= 0.3 is 0 Å². The molecule has 14 heavy (non-hydrogen) atoms. The van der Waals surface area contributed by atoms with Crippen LogP contribution in [0.3, 0.4) is 0 Å². The smallest absolute Gasteiger partial charge is 0.256 e. The number of carbonyl (C=O) groups excluding carboxylic acids is 1. The number of hydrogen-bond acceptors (Lipinski definition) is 3. The van der Waals surface area contributed by atoms with Crippen molar-refractivity contribution in [3.63, 3.8) is 0 Å². The van der Waals surface area contributed by atoms with Crippen molar-refractivity contribution in [1.82, 2.24) is 9.88 Å². The maximum Gasteiger partial charge on any atom is 0.256 e. The summed E-state index contributed by atoms with van der Waals surface area (Å²) in [6, 6.07) is 3.04. The van der Waals surface area contributed by atoms with Crippen molar-refractivity contribution in [2.75, 3.05) is 14.1 Å². The molecule has 1 amide bonds. The topological polar surface area (TPSA) is 70.2 Å². The lowest BCUT2D eigenvalue weighted by molar-refractivity contribution is 0.0826. The van der Waals surface area contributed by atoms with E-state index in [-0.39, 0.29) is 16.1 Å². The second-order valence-electron chi connectivity index (χ2n) is 2.85. The van der Waals surface area contributed by atoms with Gasteiger partial charge in [0.2, 0.25) is 10.3 Å². The monoisotopic (exact) mass is 214 g/mol. The van der Waals surface area contributed by atoms with Crippen LogP contribution in [0, 0.1) is 4.64 Å². The molecule has 6 heteroatoms. The number of aromatic nitrogens is 1. The van der Waals surface area contributed by atoms with E-state index in [0.29, 0.717) is 0 Å². The van der Waals surface area contributed by atoms with Crippen LogP contribution in [0.15, 0.2) is 18.3 Å². The van der Waals surface area contributed by atoms with E-state index in [4.69, 9.17) is 0 Å². The molecular weight excluding hydrogens is 204 g/mol. The molecule has 0 aliphatic carbocycles. The molecule has 0 atom stereocenters. The van der Waals surface area contributed by atoms with Crippen LogP contribution in [0.2, 0.25) is 0 Å². The van der Waals surface area contributed by atoms with Gasteiger partial charge in [0.15, 0.2) is 4.64 Å². The lowest BCUT2D eigenvalue weighted by Crippen LogP contribution is -2.22. The summed E-state index contributed by atoms with van der Waals surface area (Å²) in [5, 5.41) is 0. The summed E-state index contributed by atoms with van der Waals surface area (Å²) in [4.78, 5) is 15.3. The second-order valence-corrected chi connectivity index (χ2v) is 3.72. The van der Waals surface area contributed by atoms with Crippen LogP contribution >= 0.6 is 0 Å². The fourth-order valence-corrected chi connectivity index (χ4v) is 1.47. The van der Waals surface area contributed by atoms with Crippen LogP contribution < -0.4 is 0 Å². The Kier molecular flexibility index (Phi) is 3.08. The van der Waals surface area contributed by atoms with E-state index >= 15 is 0 Å². The van der Waals surface area contributed by atoms with Crippen LogP contribution in [0.1, 0.15) is 10.4 Å². The minimum atomic E-state index is -2.43. The maximum atomic E-state index is 11.5. The highest BCUT2D eigenvalue weighted by Crippen LogP contribution is 2.01. The van der Waals surface area contributed by atoms with Crippen molar-refractivity contribution in [2.24, 2.45) is 0 Å². The van der Waals surface area contributed by atoms with Crippen molar-refractivity contribution in [3.05, 3.63) is 28.5 Å². The highest BCUT2D eigenvalue weighted by Gasteiger charge is 2.10. The third-order valence-electron chi connectivity index (χ3n) is 1.62. The molecule has 0 aliphatic heterocycles. The Labute approximate surface area is 82.5 Å². The molecule has 0 aliphatic rings. The largest absolute Gasteiger partial charge is 0.348 e. The summed E-state index contributed by atoms with van der Waals surface area (Å²) < 4.78 is 21.4. The van der Waals surface area contributed by atoms with Crippen LogP contribution in [-0.2, 0) is 10.3 Å². The Balaban J connectivity index is 3.53. The third-order valence-corrected chi connectivity index (χ3v) is 2.29. The van der Waals surface area contributed by atoms with E-state index in [2.05, 4.69) is 4.98 Å². The molecule has 0 radical (unpaired) electrons. The molecule has 0 saturated carbocycles. The highest BCUT2D eigenvalue weighted by molar-refractivity contribution is 7.63. The minimum Gasteiger partial charge on any atom is -0.348 e. The summed E-state index contributed by atoms with van der Waals surface area (Å²) in [6.07, 6.45) is 1.46. The van der Waals surface area contributed by atoms with Gasteiger partial charge in [-0.25, -0.2) is 0 Å². The van der Waals surface area contributed by atoms with E-state index < -0.39 is 10.3 Å². The summed E-state index contributed by atoms with van der Waals surface area (Å²) >= 11 is 0. The number of carbonyl (C=O) groups is 1. The molecule has 1 heterocycles. The molecule has 0 saturated heterocycles. The first kappa shape index (κ1) is 10.5. The predicted octanol–water partition coefficient (Wildman–Crippen LogP) is 0.128. The zero-order valence-electron chi connectivity index (χ0n) is 7.81. The van der Waals surface area contributed by atoms with E-state index in [1.807, 2.05) is 0 Å². The van der Waals surface area contributed by atoms with Crippen LogP contribution in [-0.4, -0.2) is 38.3 Å². The third kappa shape index (κ3) is 2.02. The lowest BCUT2D eigenvalue weighted by atomic mass is 10.2. The van der Waals surface area contributed by atoms with Crippen LogP contribution in [0.4, 0.5) is 0 Å². The number of aromatic amines is 1. The van der Waals surface area contributed by atoms with E-state index in [1.54, 1.807) is 20.2 Å². The predicted molar refractivity (Wildman–Crippen MR) is 51.0 cm³/mol. The SMILES string of the molecule is CN(C)C(=O)c1ccc[nH]c1=S(=O)=O. The first-order valence-corrected chi connectivity index (χ1v) is 4.93. The van der Waals surface area contributed by atoms with Crippen molar-refractivity contribution in [2.45, 2.75) is 0 Å². The van der Waals surface area contributed by atoms with Crippen LogP contribution in [0.25, 0.3) is 0 Å². The summed E-state index contributed by atoms with van der Waals surface area (Å²) in [6.45, 7) is 0. The number of pyridine rings is 1. The van der Waals surface area contributed by atoms with E-state index in [1.165, 1.54) is 17.2 Å². The van der Waals surface area contributed by atoms with Gasteiger partial charge < -0.3 is 9.88 Å². The number of nitrogens with one attached hydrogen (secondary N) is 1. The van der Waals surface area contributed by atoms with Gasteiger partial charge in [-0.15, -0.1) is 0 Å². The molecule has 0 unspecified atom stereocenters. The Morgan fingerprint density at radius 3 is 2.57 bits per heavy atom. The fraction of sp³-hybridized carbons (Fsp3) is 0.250. The molecule has 76 valence electrons. The highest BCUT2D eigenvalue weighted by atomic mass is 32.2. The second kappa shape index (κ2) is 4.10. The number of nitrogens with zero attached hydrogens (tertiary/aromatic N) is 1. The minimum absolute atomic E-state index is 0.0915. The van der Waals surface area contributed by atoms with E-state index in [9.17, 15) is 13.2 Å².